The van der Waals surface area contributed by atoms with Gasteiger partial charge in [0.2, 0.25) is 0 Å². The second-order valence-electron chi connectivity index (χ2n) is 5.58. The Hall–Kier alpha value is -3.44. The Labute approximate surface area is 144 Å². The van der Waals surface area contributed by atoms with Crippen molar-refractivity contribution in [3.05, 3.63) is 75.6 Å². The molecule has 0 unspecified atom stereocenters. The molecule has 0 fully saturated rings. The summed E-state index contributed by atoms with van der Waals surface area (Å²) in [7, 11) is 3.61. The summed E-state index contributed by atoms with van der Waals surface area (Å²) in [6.07, 6.45) is 1.32. The Morgan fingerprint density at radius 3 is 1.38 bits per heavy atom. The molecule has 2 aromatic rings. The predicted octanol–water partition coefficient (Wildman–Crippen LogP) is -3.85. The molecule has 0 aliphatic heterocycles. The minimum atomic E-state index is -0.882. The molecule has 0 aromatic carbocycles. The van der Waals surface area contributed by atoms with Gasteiger partial charge in [-0.25, -0.2) is 56.2 Å². The highest BCUT2D eigenvalue weighted by Gasteiger charge is 2.15. The van der Waals surface area contributed by atoms with Gasteiger partial charge in [-0.05, 0) is 0 Å². The van der Waals surface area contributed by atoms with Crippen LogP contribution in [0.25, 0.3) is 0 Å². The monoisotopic (exact) mass is 366 g/mol. The highest BCUT2D eigenvalue weighted by atomic mass is 16.2. The molecular weight excluding hydrogens is 348 g/mol. The van der Waals surface area contributed by atoms with Crippen molar-refractivity contribution in [2.45, 2.75) is 19.6 Å². The van der Waals surface area contributed by atoms with Crippen molar-refractivity contribution in [2.24, 2.45) is 21.1 Å². The lowest BCUT2D eigenvalue weighted by Crippen LogP contribution is -2.56. The van der Waals surface area contributed by atoms with Gasteiger partial charge in [0.1, 0.15) is 0 Å². The molecule has 0 amide bonds. The number of aromatic nitrogens is 6. The van der Waals surface area contributed by atoms with Gasteiger partial charge in [-0.3, -0.25) is 0 Å². The largest absolute Gasteiger partial charge is 0.336 e. The highest BCUT2D eigenvalue weighted by Crippen LogP contribution is 1.79. The van der Waals surface area contributed by atoms with Crippen LogP contribution in [-0.2, 0) is 40.8 Å². The first-order chi connectivity index (χ1) is 12.1. The fourth-order valence-electron chi connectivity index (χ4n) is 2.45. The third-order valence-electron chi connectivity index (χ3n) is 3.97. The number of allylic oxidation sites excluding steroid dienone is 1. The van der Waals surface area contributed by atoms with Gasteiger partial charge in [-0.15, -0.1) is 6.58 Å². The smallest absolute Gasteiger partial charge is 0.248 e. The standard InChI is InChI=1S/C14H18N6O6/c1-5-6-18-12(24)17(4)13(25)20(14(18)26)8-7-19-10(22)15(2)9(21)16(3)11(19)23/h5H,1,6-8H2,2-4H3. The van der Waals surface area contributed by atoms with E-state index in [-0.39, 0.29) is 19.6 Å². The average molecular weight is 366 g/mol. The first-order valence-electron chi connectivity index (χ1n) is 7.51. The fourth-order valence-corrected chi connectivity index (χ4v) is 2.45. The molecule has 0 radical (unpaired) electrons. The van der Waals surface area contributed by atoms with E-state index in [1.807, 2.05) is 0 Å². The lowest BCUT2D eigenvalue weighted by molar-refractivity contribution is 0.428. The van der Waals surface area contributed by atoms with E-state index in [0.29, 0.717) is 0 Å². The number of hydrogen-bond acceptors (Lipinski definition) is 6. The van der Waals surface area contributed by atoms with Crippen molar-refractivity contribution in [3.63, 3.8) is 0 Å². The Morgan fingerprint density at radius 1 is 0.615 bits per heavy atom. The van der Waals surface area contributed by atoms with E-state index < -0.39 is 34.1 Å². The summed E-state index contributed by atoms with van der Waals surface area (Å²) in [5.74, 6) is 0. The zero-order valence-electron chi connectivity index (χ0n) is 14.5. The van der Waals surface area contributed by atoms with E-state index in [0.717, 1.165) is 27.4 Å². The summed E-state index contributed by atoms with van der Waals surface area (Å²) in [5, 5.41) is 0. The average Bonchev–Trinajstić information content (AvgIpc) is 2.62. The molecule has 26 heavy (non-hydrogen) atoms. The molecule has 0 saturated heterocycles. The molecular formula is C14H18N6O6. The van der Waals surface area contributed by atoms with Gasteiger partial charge in [-0.2, -0.15) is 0 Å². The SMILES string of the molecule is C=CCn1c(=O)n(C)c(=O)n(CCn2c(=O)n(C)c(=O)n(C)c2=O)c1=O. The maximum absolute atomic E-state index is 12.4. The minimum absolute atomic E-state index is 0.104. The lowest BCUT2D eigenvalue weighted by atomic mass is 10.5. The van der Waals surface area contributed by atoms with E-state index in [1.54, 1.807) is 0 Å². The second-order valence-corrected chi connectivity index (χ2v) is 5.58. The van der Waals surface area contributed by atoms with E-state index >= 15 is 0 Å². The van der Waals surface area contributed by atoms with Crippen molar-refractivity contribution in [1.29, 1.82) is 0 Å². The maximum Gasteiger partial charge on any atom is 0.336 e. The molecule has 2 aromatic heterocycles. The van der Waals surface area contributed by atoms with E-state index in [4.69, 9.17) is 0 Å². The number of nitrogens with zero attached hydrogens (tertiary/aromatic N) is 6. The van der Waals surface area contributed by atoms with Crippen LogP contribution in [0.15, 0.2) is 41.4 Å². The van der Waals surface area contributed by atoms with Crippen molar-refractivity contribution in [3.8, 4) is 0 Å². The van der Waals surface area contributed by atoms with Crippen molar-refractivity contribution in [2.75, 3.05) is 0 Å². The normalized spacial score (nSPS) is 10.9. The first kappa shape index (κ1) is 18.9. The van der Waals surface area contributed by atoms with E-state index in [2.05, 4.69) is 6.58 Å². The van der Waals surface area contributed by atoms with E-state index in [1.165, 1.54) is 27.2 Å². The topological polar surface area (TPSA) is 132 Å². The second kappa shape index (κ2) is 6.82. The van der Waals surface area contributed by atoms with Gasteiger partial charge < -0.3 is 0 Å². The van der Waals surface area contributed by atoms with Gasteiger partial charge in [0.15, 0.2) is 0 Å². The van der Waals surface area contributed by atoms with Gasteiger partial charge in [-0.1, -0.05) is 6.08 Å². The molecule has 0 bridgehead atoms. The summed E-state index contributed by atoms with van der Waals surface area (Å²) in [6.45, 7) is 2.67. The Morgan fingerprint density at radius 2 is 0.962 bits per heavy atom. The third-order valence-corrected chi connectivity index (χ3v) is 3.97. The number of rotatable bonds is 5. The summed E-state index contributed by atoms with van der Waals surface area (Å²) >= 11 is 0. The highest BCUT2D eigenvalue weighted by molar-refractivity contribution is 4.82. The summed E-state index contributed by atoms with van der Waals surface area (Å²) in [6, 6.07) is 0. The van der Waals surface area contributed by atoms with Crippen LogP contribution in [-0.4, -0.2) is 27.4 Å². The van der Waals surface area contributed by atoms with Gasteiger partial charge in [0.05, 0.1) is 19.6 Å². The summed E-state index contributed by atoms with van der Waals surface area (Å²) in [5.41, 5.74) is -5.09. The predicted molar refractivity (Wildman–Crippen MR) is 91.6 cm³/mol. The van der Waals surface area contributed by atoms with Gasteiger partial charge in [0.25, 0.3) is 0 Å². The van der Waals surface area contributed by atoms with Crippen LogP contribution in [0.3, 0.4) is 0 Å². The van der Waals surface area contributed by atoms with Crippen molar-refractivity contribution in [1.82, 2.24) is 27.4 Å². The molecule has 0 aliphatic carbocycles. The molecule has 0 atom stereocenters. The molecule has 0 aliphatic rings. The van der Waals surface area contributed by atoms with Crippen LogP contribution >= 0.6 is 0 Å². The molecule has 12 heteroatoms. The zero-order chi connectivity index (χ0) is 19.8. The van der Waals surface area contributed by atoms with Crippen LogP contribution in [0.2, 0.25) is 0 Å². The van der Waals surface area contributed by atoms with Crippen LogP contribution in [0.5, 0.6) is 0 Å². The van der Waals surface area contributed by atoms with Crippen molar-refractivity contribution >= 4 is 0 Å². The maximum atomic E-state index is 12.4. The Kier molecular flexibility index (Phi) is 4.95. The van der Waals surface area contributed by atoms with Crippen LogP contribution in [0.1, 0.15) is 0 Å². The lowest BCUT2D eigenvalue weighted by Gasteiger charge is -2.12. The zero-order valence-corrected chi connectivity index (χ0v) is 14.5. The number of hydrogen-bond donors (Lipinski definition) is 0. The Balaban J connectivity index is 2.62. The van der Waals surface area contributed by atoms with Crippen molar-refractivity contribution < 1.29 is 0 Å². The first-order valence-corrected chi connectivity index (χ1v) is 7.51. The van der Waals surface area contributed by atoms with Gasteiger partial charge >= 0.3 is 34.1 Å². The third kappa shape index (κ3) is 2.85. The molecule has 12 nitrogen and oxygen atoms in total. The molecule has 0 saturated carbocycles. The van der Waals surface area contributed by atoms with Crippen LogP contribution in [0, 0.1) is 0 Å². The Bertz CT molecular complexity index is 1190. The van der Waals surface area contributed by atoms with E-state index in [9.17, 15) is 28.8 Å². The molecule has 140 valence electrons. The summed E-state index contributed by atoms with van der Waals surface area (Å²) in [4.78, 5) is 72.5. The van der Waals surface area contributed by atoms with Gasteiger partial charge in [0, 0.05) is 21.1 Å². The fraction of sp³-hybridized carbons (Fsp3) is 0.429. The molecule has 0 N–H and O–H groups in total. The van der Waals surface area contributed by atoms with Crippen LogP contribution < -0.4 is 34.1 Å². The summed E-state index contributed by atoms with van der Waals surface area (Å²) < 4.78 is 4.49. The minimum Gasteiger partial charge on any atom is -0.248 e. The molecule has 2 heterocycles. The molecule has 2 rings (SSSR count). The quantitative estimate of drug-likeness (QED) is 0.498. The van der Waals surface area contributed by atoms with Crippen LogP contribution in [0.4, 0.5) is 0 Å². The molecule has 0 spiro atoms.